The molecule has 1 aromatic carbocycles. The zero-order chi connectivity index (χ0) is 14.3. The van der Waals surface area contributed by atoms with Crippen molar-refractivity contribution in [2.45, 2.75) is 0 Å². The van der Waals surface area contributed by atoms with E-state index in [4.69, 9.17) is 9.15 Å². The molecule has 0 aliphatic carbocycles. The van der Waals surface area contributed by atoms with Crippen molar-refractivity contribution in [2.75, 3.05) is 20.7 Å². The van der Waals surface area contributed by atoms with E-state index in [-0.39, 0.29) is 0 Å². The Morgan fingerprint density at radius 2 is 1.95 bits per heavy atom. The number of aliphatic carboxylic acids is 1. The first-order valence-electron chi connectivity index (χ1n) is 5.67. The molecule has 19 heavy (non-hydrogen) atoms. The van der Waals surface area contributed by atoms with Crippen molar-refractivity contribution in [1.82, 2.24) is 0 Å². The van der Waals surface area contributed by atoms with E-state index in [1.54, 1.807) is 18.2 Å². The summed E-state index contributed by atoms with van der Waals surface area (Å²) in [6.45, 7) is -0.539. The molecule has 0 saturated carbocycles. The Balaban J connectivity index is 0.000000550. The van der Waals surface area contributed by atoms with Gasteiger partial charge < -0.3 is 24.4 Å². The Morgan fingerprint density at radius 3 is 2.58 bits per heavy atom. The van der Waals surface area contributed by atoms with Crippen LogP contribution in [0.2, 0.25) is 0 Å². The van der Waals surface area contributed by atoms with Crippen LogP contribution in [-0.4, -0.2) is 26.7 Å². The normalized spacial score (nSPS) is 9.58. The van der Waals surface area contributed by atoms with Crippen LogP contribution in [0.4, 0.5) is 0 Å². The van der Waals surface area contributed by atoms with Gasteiger partial charge >= 0.3 is 5.63 Å². The molecular formula is C13H15NO5. The van der Waals surface area contributed by atoms with Crippen LogP contribution in [0.3, 0.4) is 0 Å². The molecule has 102 valence electrons. The van der Waals surface area contributed by atoms with Crippen LogP contribution < -0.4 is 20.8 Å². The molecular weight excluding hydrogens is 250 g/mol. The van der Waals surface area contributed by atoms with E-state index in [2.05, 4.69) is 0 Å². The number of benzene rings is 1. The van der Waals surface area contributed by atoms with Gasteiger partial charge in [-0.25, -0.2) is 4.79 Å². The van der Waals surface area contributed by atoms with Crippen molar-refractivity contribution in [3.8, 4) is 5.75 Å². The van der Waals surface area contributed by atoms with E-state index in [9.17, 15) is 14.7 Å². The molecule has 0 unspecified atom stereocenters. The second kappa shape index (κ2) is 7.17. The summed E-state index contributed by atoms with van der Waals surface area (Å²) in [4.78, 5) is 21.1. The minimum absolute atomic E-state index is 0.311. The number of fused-ring (bicyclic) bond motifs is 1. The third-order valence-corrected chi connectivity index (χ3v) is 1.95. The van der Waals surface area contributed by atoms with Crippen LogP contribution in [0.25, 0.3) is 11.0 Å². The minimum atomic E-state index is -1.31. The Morgan fingerprint density at radius 1 is 1.32 bits per heavy atom. The van der Waals surface area contributed by atoms with Gasteiger partial charge in [-0.05, 0) is 18.2 Å². The van der Waals surface area contributed by atoms with Gasteiger partial charge in [0.05, 0.1) is 20.1 Å². The molecule has 0 saturated heterocycles. The predicted octanol–water partition coefficient (Wildman–Crippen LogP) is -1.27. The van der Waals surface area contributed by atoms with Crippen molar-refractivity contribution in [3.63, 3.8) is 0 Å². The highest BCUT2D eigenvalue weighted by Crippen LogP contribution is 2.19. The third kappa shape index (κ3) is 4.81. The van der Waals surface area contributed by atoms with E-state index >= 15 is 0 Å². The van der Waals surface area contributed by atoms with Crippen LogP contribution in [0, 0.1) is 0 Å². The molecule has 0 bridgehead atoms. The molecule has 2 N–H and O–H groups in total. The average molecular weight is 265 g/mol. The van der Waals surface area contributed by atoms with Crippen molar-refractivity contribution >= 4 is 16.9 Å². The van der Waals surface area contributed by atoms with Gasteiger partial charge in [0.25, 0.3) is 0 Å². The summed E-state index contributed by atoms with van der Waals surface area (Å²) in [6.07, 6.45) is 0. The highest BCUT2D eigenvalue weighted by atomic mass is 16.5. The number of carbonyl (C=O) groups is 1. The van der Waals surface area contributed by atoms with Gasteiger partial charge in [0.2, 0.25) is 0 Å². The third-order valence-electron chi connectivity index (χ3n) is 1.95. The van der Waals surface area contributed by atoms with E-state index in [0.29, 0.717) is 11.3 Å². The minimum Gasteiger partial charge on any atom is -0.546 e. The van der Waals surface area contributed by atoms with Gasteiger partial charge in [-0.15, -0.1) is 0 Å². The van der Waals surface area contributed by atoms with Gasteiger partial charge in [0, 0.05) is 17.5 Å². The van der Waals surface area contributed by atoms with Crippen molar-refractivity contribution in [2.24, 2.45) is 0 Å². The fourth-order valence-electron chi connectivity index (χ4n) is 1.27. The standard InChI is InChI=1S/C11H8O5.C2H7N/c12-10(13)6-15-8-3-1-7-2-4-11(14)16-9(7)5-8;1-3-2/h1-5H,6H2,(H,12,13);3H,1-2H3. The SMILES string of the molecule is C[NH2+]C.O=C([O-])COc1ccc2ccc(=O)oc2c1. The van der Waals surface area contributed by atoms with Crippen LogP contribution in [-0.2, 0) is 4.79 Å². The van der Waals surface area contributed by atoms with Gasteiger partial charge in [-0.1, -0.05) is 0 Å². The van der Waals surface area contributed by atoms with E-state index in [1.807, 2.05) is 19.4 Å². The summed E-state index contributed by atoms with van der Waals surface area (Å²) in [5.41, 5.74) is -0.118. The van der Waals surface area contributed by atoms with Crippen LogP contribution in [0.1, 0.15) is 0 Å². The molecule has 2 rings (SSSR count). The first kappa shape index (κ1) is 14.7. The highest BCUT2D eigenvalue weighted by Gasteiger charge is 2.00. The molecule has 1 aromatic heterocycles. The number of carboxylic acids is 1. The predicted molar refractivity (Wildman–Crippen MR) is 66.8 cm³/mol. The number of nitrogens with two attached hydrogens (primary N) is 1. The van der Waals surface area contributed by atoms with Crippen LogP contribution in [0.15, 0.2) is 39.5 Å². The van der Waals surface area contributed by atoms with Gasteiger partial charge in [0.15, 0.2) is 0 Å². The van der Waals surface area contributed by atoms with E-state index < -0.39 is 18.2 Å². The lowest BCUT2D eigenvalue weighted by atomic mass is 10.2. The molecule has 0 spiro atoms. The van der Waals surface area contributed by atoms with Crippen LogP contribution >= 0.6 is 0 Å². The summed E-state index contributed by atoms with van der Waals surface area (Å²) in [5, 5.41) is 12.9. The molecule has 0 fully saturated rings. The molecule has 1 heterocycles. The number of ether oxygens (including phenoxy) is 1. The van der Waals surface area contributed by atoms with Crippen molar-refractivity contribution < 1.29 is 24.4 Å². The average Bonchev–Trinajstić information content (AvgIpc) is 2.36. The smallest absolute Gasteiger partial charge is 0.336 e. The summed E-state index contributed by atoms with van der Waals surface area (Å²) >= 11 is 0. The summed E-state index contributed by atoms with van der Waals surface area (Å²) in [7, 11) is 4.00. The van der Waals surface area contributed by atoms with Crippen molar-refractivity contribution in [3.05, 3.63) is 40.8 Å². The Labute approximate surface area is 109 Å². The fourth-order valence-corrected chi connectivity index (χ4v) is 1.27. The maximum Gasteiger partial charge on any atom is 0.336 e. The van der Waals surface area contributed by atoms with Gasteiger partial charge in [-0.2, -0.15) is 0 Å². The first-order valence-corrected chi connectivity index (χ1v) is 5.67. The van der Waals surface area contributed by atoms with E-state index in [0.717, 1.165) is 5.39 Å². The molecule has 0 amide bonds. The van der Waals surface area contributed by atoms with Gasteiger partial charge in [-0.3, -0.25) is 0 Å². The topological polar surface area (TPSA) is 96.2 Å². The number of carbonyl (C=O) groups excluding carboxylic acids is 1. The number of carboxylic acid groups (broad SMARTS) is 1. The van der Waals surface area contributed by atoms with E-state index in [1.165, 1.54) is 12.1 Å². The number of hydrogen-bond acceptors (Lipinski definition) is 5. The number of hydrogen-bond donors (Lipinski definition) is 1. The fraction of sp³-hybridized carbons (Fsp3) is 0.231. The zero-order valence-corrected chi connectivity index (χ0v) is 10.7. The first-order chi connectivity index (χ1) is 9.06. The Kier molecular flexibility index (Phi) is 5.56. The van der Waals surface area contributed by atoms with Crippen molar-refractivity contribution in [1.29, 1.82) is 0 Å². The Bertz CT molecular complexity index is 605. The summed E-state index contributed by atoms with van der Waals surface area (Å²) < 4.78 is 9.80. The molecule has 6 heteroatoms. The number of quaternary nitrogens is 1. The summed E-state index contributed by atoms with van der Waals surface area (Å²) in [6, 6.07) is 7.64. The zero-order valence-electron chi connectivity index (χ0n) is 10.7. The second-order valence-corrected chi connectivity index (χ2v) is 3.69. The number of rotatable bonds is 3. The van der Waals surface area contributed by atoms with Crippen LogP contribution in [0.5, 0.6) is 5.75 Å². The summed E-state index contributed by atoms with van der Waals surface area (Å²) in [5.74, 6) is -0.999. The quantitative estimate of drug-likeness (QED) is 0.698. The lowest BCUT2D eigenvalue weighted by Gasteiger charge is -2.06. The molecule has 0 aliphatic heterocycles. The largest absolute Gasteiger partial charge is 0.546 e. The lowest BCUT2D eigenvalue weighted by molar-refractivity contribution is -0.597. The maximum atomic E-state index is 10.9. The molecule has 0 atom stereocenters. The molecule has 2 aromatic rings. The maximum absolute atomic E-state index is 10.9. The molecule has 0 aliphatic rings. The lowest BCUT2D eigenvalue weighted by Crippen LogP contribution is -2.74. The molecule has 6 nitrogen and oxygen atoms in total. The van der Waals surface area contributed by atoms with Gasteiger partial charge in [0.1, 0.15) is 17.9 Å². The second-order valence-electron chi connectivity index (χ2n) is 3.69. The monoisotopic (exact) mass is 265 g/mol. The Hall–Kier alpha value is -2.34. The molecule has 0 radical (unpaired) electrons. The highest BCUT2D eigenvalue weighted by molar-refractivity contribution is 5.77.